The molecule has 2 aromatic rings. The molecule has 1 fully saturated rings. The minimum atomic E-state index is -4.51. The van der Waals surface area contributed by atoms with Crippen molar-refractivity contribution in [3.63, 3.8) is 0 Å². The Kier molecular flexibility index (Phi) is 4.61. The van der Waals surface area contributed by atoms with Crippen LogP contribution in [0.1, 0.15) is 21.9 Å². The summed E-state index contributed by atoms with van der Waals surface area (Å²) in [7, 11) is 0. The number of carbonyl (C=O) groups is 1. The van der Waals surface area contributed by atoms with Crippen molar-refractivity contribution in [1.82, 2.24) is 14.9 Å². The second-order valence-corrected chi connectivity index (χ2v) is 5.80. The molecule has 1 aliphatic heterocycles. The Bertz CT molecular complexity index is 756. The number of piperazine rings is 1. The number of halogens is 3. The third kappa shape index (κ3) is 3.89. The maximum atomic E-state index is 12.9. The molecule has 0 N–H and O–H groups in total. The van der Waals surface area contributed by atoms with Gasteiger partial charge >= 0.3 is 6.18 Å². The van der Waals surface area contributed by atoms with Crippen molar-refractivity contribution in [1.29, 1.82) is 0 Å². The number of hydrogen-bond donors (Lipinski definition) is 0. The lowest BCUT2D eigenvalue weighted by Gasteiger charge is -2.35. The number of alkyl halides is 3. The fourth-order valence-corrected chi connectivity index (χ4v) is 2.76. The highest BCUT2D eigenvalue weighted by Gasteiger charge is 2.34. The van der Waals surface area contributed by atoms with E-state index in [1.54, 1.807) is 34.1 Å². The van der Waals surface area contributed by atoms with Crippen molar-refractivity contribution in [2.24, 2.45) is 0 Å². The average Bonchev–Trinajstić information content (AvgIpc) is 2.61. The Balaban J connectivity index is 1.70. The van der Waals surface area contributed by atoms with Gasteiger partial charge in [-0.2, -0.15) is 13.2 Å². The highest BCUT2D eigenvalue weighted by Crippen LogP contribution is 2.30. The fourth-order valence-electron chi connectivity index (χ4n) is 2.76. The van der Waals surface area contributed by atoms with Crippen LogP contribution in [0.5, 0.6) is 0 Å². The van der Waals surface area contributed by atoms with Gasteiger partial charge < -0.3 is 9.80 Å². The second kappa shape index (κ2) is 6.70. The normalized spacial score (nSPS) is 15.4. The number of aryl methyl sites for hydroxylation is 1. The molecule has 1 aromatic carbocycles. The molecule has 8 heteroatoms. The number of benzene rings is 1. The Morgan fingerprint density at radius 3 is 2.28 bits per heavy atom. The molecule has 0 unspecified atom stereocenters. The summed E-state index contributed by atoms with van der Waals surface area (Å²) in [6.07, 6.45) is -4.51. The summed E-state index contributed by atoms with van der Waals surface area (Å²) in [4.78, 5) is 23.4. The maximum absolute atomic E-state index is 12.9. The van der Waals surface area contributed by atoms with Crippen molar-refractivity contribution in [2.75, 3.05) is 31.1 Å². The SMILES string of the molecule is Cc1nc(N2CCN(C(=O)c3ccccc3)CC2)cc(C(F)(F)F)n1. The number of nitrogens with zero attached hydrogens (tertiary/aromatic N) is 4. The van der Waals surface area contributed by atoms with Crippen molar-refractivity contribution in [2.45, 2.75) is 13.1 Å². The van der Waals surface area contributed by atoms with Crippen LogP contribution < -0.4 is 4.90 Å². The van der Waals surface area contributed by atoms with Crippen LogP contribution in [-0.2, 0) is 6.18 Å². The summed E-state index contributed by atoms with van der Waals surface area (Å²) in [5.41, 5.74) is -0.342. The number of amides is 1. The Hall–Kier alpha value is -2.64. The molecule has 0 bridgehead atoms. The highest BCUT2D eigenvalue weighted by molar-refractivity contribution is 5.94. The predicted octanol–water partition coefficient (Wildman–Crippen LogP) is 2.77. The Morgan fingerprint density at radius 1 is 1.04 bits per heavy atom. The first-order chi connectivity index (χ1) is 11.8. The lowest BCUT2D eigenvalue weighted by molar-refractivity contribution is -0.141. The van der Waals surface area contributed by atoms with Crippen LogP contribution in [0.3, 0.4) is 0 Å². The van der Waals surface area contributed by atoms with Crippen LogP contribution in [0.2, 0.25) is 0 Å². The van der Waals surface area contributed by atoms with Crippen LogP contribution in [0, 0.1) is 6.92 Å². The molecule has 1 amide bonds. The lowest BCUT2D eigenvalue weighted by atomic mass is 10.2. The smallest absolute Gasteiger partial charge is 0.353 e. The zero-order valence-electron chi connectivity index (χ0n) is 13.6. The van der Waals surface area contributed by atoms with E-state index in [1.807, 2.05) is 6.07 Å². The molecule has 0 atom stereocenters. The molecule has 0 radical (unpaired) electrons. The molecule has 0 saturated carbocycles. The van der Waals surface area contributed by atoms with Crippen LogP contribution in [0.15, 0.2) is 36.4 Å². The summed E-state index contributed by atoms with van der Waals surface area (Å²) in [6, 6.07) is 9.89. The van der Waals surface area contributed by atoms with E-state index in [-0.39, 0.29) is 17.5 Å². The zero-order valence-corrected chi connectivity index (χ0v) is 13.6. The van der Waals surface area contributed by atoms with E-state index < -0.39 is 11.9 Å². The van der Waals surface area contributed by atoms with E-state index in [2.05, 4.69) is 9.97 Å². The molecule has 1 saturated heterocycles. The number of carbonyl (C=O) groups excluding carboxylic acids is 1. The minimum absolute atomic E-state index is 0.0740. The van der Waals surface area contributed by atoms with Crippen LogP contribution in [0.25, 0.3) is 0 Å². The van der Waals surface area contributed by atoms with E-state index in [4.69, 9.17) is 0 Å². The fraction of sp³-hybridized carbons (Fsp3) is 0.353. The molecule has 2 heterocycles. The topological polar surface area (TPSA) is 49.3 Å². The number of anilines is 1. The Labute approximate surface area is 143 Å². The van der Waals surface area contributed by atoms with Gasteiger partial charge in [-0.3, -0.25) is 4.79 Å². The van der Waals surface area contributed by atoms with Gasteiger partial charge in [0.05, 0.1) is 0 Å². The molecular weight excluding hydrogens is 333 g/mol. The summed E-state index contributed by atoms with van der Waals surface area (Å²) in [5.74, 6) is 0.245. The molecule has 3 rings (SSSR count). The van der Waals surface area contributed by atoms with Gasteiger partial charge in [-0.1, -0.05) is 18.2 Å². The van der Waals surface area contributed by atoms with Crippen LogP contribution in [-0.4, -0.2) is 47.0 Å². The van der Waals surface area contributed by atoms with Crippen molar-refractivity contribution >= 4 is 11.7 Å². The van der Waals surface area contributed by atoms with Gasteiger partial charge in [0, 0.05) is 37.8 Å². The second-order valence-electron chi connectivity index (χ2n) is 5.80. The predicted molar refractivity (Wildman–Crippen MR) is 86.3 cm³/mol. The third-order valence-corrected chi connectivity index (χ3v) is 4.03. The maximum Gasteiger partial charge on any atom is 0.433 e. The summed E-state index contributed by atoms with van der Waals surface area (Å²) in [5, 5.41) is 0. The third-order valence-electron chi connectivity index (χ3n) is 4.03. The number of aromatic nitrogens is 2. The highest BCUT2D eigenvalue weighted by atomic mass is 19.4. The largest absolute Gasteiger partial charge is 0.433 e. The first kappa shape index (κ1) is 17.2. The zero-order chi connectivity index (χ0) is 18.0. The van der Waals surface area contributed by atoms with Gasteiger partial charge in [0.1, 0.15) is 17.3 Å². The van der Waals surface area contributed by atoms with E-state index in [0.29, 0.717) is 31.7 Å². The Morgan fingerprint density at radius 2 is 1.68 bits per heavy atom. The molecule has 5 nitrogen and oxygen atoms in total. The van der Waals surface area contributed by atoms with Gasteiger partial charge in [0.2, 0.25) is 0 Å². The monoisotopic (exact) mass is 350 g/mol. The van der Waals surface area contributed by atoms with Gasteiger partial charge in [-0.05, 0) is 19.1 Å². The molecule has 25 heavy (non-hydrogen) atoms. The van der Waals surface area contributed by atoms with Gasteiger partial charge in [-0.25, -0.2) is 9.97 Å². The van der Waals surface area contributed by atoms with Crippen molar-refractivity contribution < 1.29 is 18.0 Å². The quantitative estimate of drug-likeness (QED) is 0.836. The van der Waals surface area contributed by atoms with E-state index in [0.717, 1.165) is 6.07 Å². The number of hydrogen-bond acceptors (Lipinski definition) is 4. The van der Waals surface area contributed by atoms with Crippen molar-refractivity contribution in [3.05, 3.63) is 53.5 Å². The van der Waals surface area contributed by atoms with Crippen LogP contribution in [0.4, 0.5) is 19.0 Å². The lowest BCUT2D eigenvalue weighted by Crippen LogP contribution is -2.49. The summed E-state index contributed by atoms with van der Waals surface area (Å²) in [6.45, 7) is 3.14. The van der Waals surface area contributed by atoms with Gasteiger partial charge in [0.15, 0.2) is 0 Å². The van der Waals surface area contributed by atoms with Gasteiger partial charge in [0.25, 0.3) is 5.91 Å². The molecular formula is C17H17F3N4O. The van der Waals surface area contributed by atoms with E-state index in [9.17, 15) is 18.0 Å². The standard InChI is InChI=1S/C17H17F3N4O/c1-12-21-14(17(18,19)20)11-15(22-12)23-7-9-24(10-8-23)16(25)13-5-3-2-4-6-13/h2-6,11H,7-10H2,1H3. The molecule has 132 valence electrons. The molecule has 1 aliphatic rings. The molecule has 0 spiro atoms. The first-order valence-electron chi connectivity index (χ1n) is 7.87. The van der Waals surface area contributed by atoms with E-state index in [1.165, 1.54) is 6.92 Å². The number of rotatable bonds is 2. The van der Waals surface area contributed by atoms with Crippen LogP contribution >= 0.6 is 0 Å². The van der Waals surface area contributed by atoms with Gasteiger partial charge in [-0.15, -0.1) is 0 Å². The molecule has 1 aromatic heterocycles. The molecule has 0 aliphatic carbocycles. The minimum Gasteiger partial charge on any atom is -0.353 e. The first-order valence-corrected chi connectivity index (χ1v) is 7.87. The average molecular weight is 350 g/mol. The summed E-state index contributed by atoms with van der Waals surface area (Å²) < 4.78 is 38.7. The van der Waals surface area contributed by atoms with E-state index >= 15 is 0 Å². The van der Waals surface area contributed by atoms with Crippen molar-refractivity contribution in [3.8, 4) is 0 Å². The summed E-state index contributed by atoms with van der Waals surface area (Å²) >= 11 is 0.